The zero-order valence-electron chi connectivity index (χ0n) is 20.5. The highest BCUT2D eigenvalue weighted by molar-refractivity contribution is 5.79. The number of rotatable bonds is 2. The Morgan fingerprint density at radius 2 is 1.76 bits per heavy atom. The van der Waals surface area contributed by atoms with Crippen LogP contribution in [-0.2, 0) is 28.8 Å². The zero-order valence-corrected chi connectivity index (χ0v) is 20.5. The normalized spacial score (nSPS) is 25.3. The highest BCUT2D eigenvalue weighted by atomic mass is 19.4. The Labute approximate surface area is 194 Å². The molecular weight excluding hydrogens is 435 g/mol. The SMILES string of the molecule is CC.CC.C[C@@H]1COCCN1[C@@H]1CC[C@H](C(=O)N2CCn3c(cc(C(F)(F)F)cc3=O)C2)C1. The molecule has 9 heteroatoms. The standard InChI is InChI=1S/C20H26F3N3O3.2C2H6/c1-13-12-29-7-6-25(13)16-3-2-14(8-16)19(28)24-4-5-26-17(11-24)9-15(10-18(26)27)20(21,22)23;2*1-2/h9-10,13-14,16H,2-8,11-12H2,1H3;2*1-2H3/t13-,14+,16-;;/m1../s1. The number of alkyl halides is 3. The molecule has 3 aliphatic rings. The van der Waals surface area contributed by atoms with Crippen LogP contribution in [0.25, 0.3) is 0 Å². The lowest BCUT2D eigenvalue weighted by molar-refractivity contribution is -0.138. The number of pyridine rings is 1. The lowest BCUT2D eigenvalue weighted by Crippen LogP contribution is -2.49. The van der Waals surface area contributed by atoms with Crippen molar-refractivity contribution < 1.29 is 22.7 Å². The number of fused-ring (bicyclic) bond motifs is 1. The fourth-order valence-electron chi connectivity index (χ4n) is 4.91. The Bertz CT molecular complexity index is 840. The van der Waals surface area contributed by atoms with E-state index in [0.717, 1.165) is 31.9 Å². The van der Waals surface area contributed by atoms with Crippen LogP contribution >= 0.6 is 0 Å². The number of carbonyl (C=O) groups is 1. The van der Waals surface area contributed by atoms with E-state index in [1.807, 2.05) is 27.7 Å². The minimum Gasteiger partial charge on any atom is -0.379 e. The van der Waals surface area contributed by atoms with Crippen molar-refractivity contribution in [2.24, 2.45) is 5.92 Å². The maximum absolute atomic E-state index is 13.1. The van der Waals surface area contributed by atoms with Crippen LogP contribution in [0.2, 0.25) is 0 Å². The number of hydrogen-bond donors (Lipinski definition) is 0. The predicted octanol–water partition coefficient (Wildman–Crippen LogP) is 4.15. The summed E-state index contributed by atoms with van der Waals surface area (Å²) in [7, 11) is 0. The van der Waals surface area contributed by atoms with E-state index in [9.17, 15) is 22.8 Å². The summed E-state index contributed by atoms with van der Waals surface area (Å²) < 4.78 is 46.0. The van der Waals surface area contributed by atoms with Crippen LogP contribution in [-0.4, -0.2) is 58.7 Å². The van der Waals surface area contributed by atoms with Crippen LogP contribution in [0.1, 0.15) is 65.1 Å². The molecule has 33 heavy (non-hydrogen) atoms. The number of amides is 1. The van der Waals surface area contributed by atoms with Crippen molar-refractivity contribution in [2.75, 3.05) is 26.3 Å². The van der Waals surface area contributed by atoms with Crippen LogP contribution in [0.3, 0.4) is 0 Å². The molecular formula is C24H38F3N3O3. The van der Waals surface area contributed by atoms with Crippen LogP contribution in [0.4, 0.5) is 13.2 Å². The number of nitrogens with zero attached hydrogens (tertiary/aromatic N) is 3. The molecule has 0 unspecified atom stereocenters. The first-order valence-electron chi connectivity index (χ1n) is 12.2. The Morgan fingerprint density at radius 1 is 1.06 bits per heavy atom. The van der Waals surface area contributed by atoms with Crippen molar-refractivity contribution in [3.63, 3.8) is 0 Å². The smallest absolute Gasteiger partial charge is 0.379 e. The topological polar surface area (TPSA) is 54.8 Å². The van der Waals surface area contributed by atoms with Gasteiger partial charge in [-0.1, -0.05) is 27.7 Å². The van der Waals surface area contributed by atoms with Gasteiger partial charge >= 0.3 is 6.18 Å². The first kappa shape index (κ1) is 27.4. The molecule has 0 spiro atoms. The third-order valence-electron chi connectivity index (χ3n) is 6.44. The summed E-state index contributed by atoms with van der Waals surface area (Å²) in [6.07, 6.45) is -2.06. The molecule has 4 rings (SSSR count). The summed E-state index contributed by atoms with van der Waals surface area (Å²) >= 11 is 0. The van der Waals surface area contributed by atoms with Crippen LogP contribution < -0.4 is 5.56 Å². The average Bonchev–Trinajstić information content (AvgIpc) is 3.30. The van der Waals surface area contributed by atoms with Gasteiger partial charge in [0.2, 0.25) is 5.91 Å². The van der Waals surface area contributed by atoms with Gasteiger partial charge in [0.05, 0.1) is 25.3 Å². The Kier molecular flexibility index (Phi) is 9.97. The monoisotopic (exact) mass is 473 g/mol. The van der Waals surface area contributed by atoms with Gasteiger partial charge in [-0.05, 0) is 32.3 Å². The van der Waals surface area contributed by atoms with E-state index in [2.05, 4.69) is 11.8 Å². The highest BCUT2D eigenvalue weighted by Crippen LogP contribution is 2.34. The Hall–Kier alpha value is -1.87. The molecule has 3 heterocycles. The van der Waals surface area contributed by atoms with Gasteiger partial charge in [-0.25, -0.2) is 0 Å². The van der Waals surface area contributed by atoms with Gasteiger partial charge in [0.1, 0.15) is 0 Å². The van der Waals surface area contributed by atoms with Crippen molar-refractivity contribution >= 4 is 5.91 Å². The van der Waals surface area contributed by atoms with E-state index in [0.29, 0.717) is 37.9 Å². The maximum Gasteiger partial charge on any atom is 0.416 e. The van der Waals surface area contributed by atoms with Crippen LogP contribution in [0, 0.1) is 5.92 Å². The third-order valence-corrected chi connectivity index (χ3v) is 6.44. The molecule has 3 atom stereocenters. The van der Waals surface area contributed by atoms with Gasteiger partial charge < -0.3 is 14.2 Å². The first-order chi connectivity index (χ1) is 15.7. The summed E-state index contributed by atoms with van der Waals surface area (Å²) in [6.45, 7) is 13.0. The molecule has 1 aliphatic carbocycles. The van der Waals surface area contributed by atoms with Crippen LogP contribution in [0.5, 0.6) is 0 Å². The molecule has 0 radical (unpaired) electrons. The summed E-state index contributed by atoms with van der Waals surface area (Å²) in [5, 5.41) is 0. The fraction of sp³-hybridized carbons (Fsp3) is 0.750. The van der Waals surface area contributed by atoms with Gasteiger partial charge in [0.25, 0.3) is 5.56 Å². The molecule has 1 aromatic heterocycles. The van der Waals surface area contributed by atoms with Crippen molar-refractivity contribution in [3.8, 4) is 0 Å². The summed E-state index contributed by atoms with van der Waals surface area (Å²) in [4.78, 5) is 29.1. The molecule has 0 N–H and O–H groups in total. The van der Waals surface area contributed by atoms with Gasteiger partial charge in [0.15, 0.2) is 0 Å². The number of aromatic nitrogens is 1. The molecule has 188 valence electrons. The number of halogens is 3. The number of carbonyl (C=O) groups excluding carboxylic acids is 1. The van der Waals surface area contributed by atoms with E-state index in [-0.39, 0.29) is 30.6 Å². The van der Waals surface area contributed by atoms with E-state index in [4.69, 9.17) is 4.74 Å². The molecule has 0 aromatic carbocycles. The summed E-state index contributed by atoms with van der Waals surface area (Å²) in [6, 6.07) is 2.30. The molecule has 0 bridgehead atoms. The maximum atomic E-state index is 13.1. The van der Waals surface area contributed by atoms with Crippen molar-refractivity contribution in [1.82, 2.24) is 14.4 Å². The third kappa shape index (κ3) is 6.38. The molecule has 2 fully saturated rings. The Morgan fingerprint density at radius 3 is 2.39 bits per heavy atom. The molecule has 1 saturated heterocycles. The molecule has 6 nitrogen and oxygen atoms in total. The molecule has 1 saturated carbocycles. The minimum absolute atomic E-state index is 0.00970. The summed E-state index contributed by atoms with van der Waals surface area (Å²) in [5.41, 5.74) is -1.37. The largest absolute Gasteiger partial charge is 0.416 e. The number of ether oxygens (including phenoxy) is 1. The molecule has 2 aliphatic heterocycles. The van der Waals surface area contributed by atoms with Gasteiger partial charge in [-0.3, -0.25) is 14.5 Å². The Balaban J connectivity index is 0.000000914. The first-order valence-corrected chi connectivity index (χ1v) is 12.2. The quantitative estimate of drug-likeness (QED) is 0.648. The van der Waals surface area contributed by atoms with E-state index in [1.54, 1.807) is 4.90 Å². The average molecular weight is 474 g/mol. The lowest BCUT2D eigenvalue weighted by atomic mass is 10.0. The van der Waals surface area contributed by atoms with Crippen LogP contribution in [0.15, 0.2) is 16.9 Å². The van der Waals surface area contributed by atoms with Crippen molar-refractivity contribution in [3.05, 3.63) is 33.7 Å². The summed E-state index contributed by atoms with van der Waals surface area (Å²) in [5.74, 6) is -0.122. The molecule has 1 aromatic rings. The number of hydrogen-bond acceptors (Lipinski definition) is 4. The predicted molar refractivity (Wildman–Crippen MR) is 122 cm³/mol. The lowest BCUT2D eigenvalue weighted by Gasteiger charge is -2.38. The minimum atomic E-state index is -4.57. The fourth-order valence-corrected chi connectivity index (χ4v) is 4.91. The second-order valence-electron chi connectivity index (χ2n) is 8.31. The van der Waals surface area contributed by atoms with Gasteiger partial charge in [0, 0.05) is 49.4 Å². The zero-order chi connectivity index (χ0) is 24.8. The van der Waals surface area contributed by atoms with E-state index < -0.39 is 17.3 Å². The van der Waals surface area contributed by atoms with E-state index >= 15 is 0 Å². The number of morpholine rings is 1. The van der Waals surface area contributed by atoms with E-state index in [1.165, 1.54) is 4.57 Å². The molecule has 1 amide bonds. The van der Waals surface area contributed by atoms with Gasteiger partial charge in [-0.15, -0.1) is 0 Å². The highest BCUT2D eigenvalue weighted by Gasteiger charge is 2.39. The van der Waals surface area contributed by atoms with Gasteiger partial charge in [-0.2, -0.15) is 13.2 Å². The van der Waals surface area contributed by atoms with Crippen molar-refractivity contribution in [1.29, 1.82) is 0 Å². The van der Waals surface area contributed by atoms with Crippen molar-refractivity contribution in [2.45, 2.75) is 85.2 Å². The second-order valence-corrected chi connectivity index (χ2v) is 8.31. The second kappa shape index (κ2) is 12.0.